The summed E-state index contributed by atoms with van der Waals surface area (Å²) in [7, 11) is 0. The van der Waals surface area contributed by atoms with Crippen molar-refractivity contribution in [2.45, 2.75) is 11.9 Å². The van der Waals surface area contributed by atoms with Gasteiger partial charge < -0.3 is 5.32 Å². The number of nitrogens with one attached hydrogen (secondary N) is 1. The lowest BCUT2D eigenvalue weighted by atomic mass is 10.2. The molecule has 0 radical (unpaired) electrons. The number of benzene rings is 1. The maximum absolute atomic E-state index is 12.3. The molecule has 0 bridgehead atoms. The summed E-state index contributed by atoms with van der Waals surface area (Å²) >= 11 is 7.50. The Morgan fingerprint density at radius 3 is 3.04 bits per heavy atom. The number of aryl methyl sites for hydroxylation is 1. The molecule has 0 fully saturated rings. The lowest BCUT2D eigenvalue weighted by Crippen LogP contribution is -2.41. The van der Waals surface area contributed by atoms with E-state index >= 15 is 0 Å². The Hall–Kier alpha value is -2.05. The largest absolute Gasteiger partial charge is 0.323 e. The third-order valence-electron chi connectivity index (χ3n) is 3.38. The number of aromatic nitrogens is 1. The monoisotopic (exact) mass is 347 g/mol. The number of thioether (sulfide) groups is 1. The molecule has 1 N–H and O–H groups in total. The first-order valence-corrected chi connectivity index (χ1v) is 8.35. The molecule has 2 heterocycles. The number of anilines is 2. The third-order valence-corrected chi connectivity index (χ3v) is 4.67. The number of nitrogens with zero attached hydrogens (tertiary/aromatic N) is 2. The molecule has 2 amide bonds. The van der Waals surface area contributed by atoms with Gasteiger partial charge in [-0.25, -0.2) is 4.98 Å². The molecule has 1 aliphatic rings. The van der Waals surface area contributed by atoms with Crippen molar-refractivity contribution >= 4 is 46.6 Å². The molecule has 1 aromatic carbocycles. The van der Waals surface area contributed by atoms with Crippen LogP contribution in [0.1, 0.15) is 5.56 Å². The number of amides is 2. The van der Waals surface area contributed by atoms with E-state index < -0.39 is 0 Å². The summed E-state index contributed by atoms with van der Waals surface area (Å²) < 4.78 is 0. The molecule has 0 unspecified atom stereocenters. The highest BCUT2D eigenvalue weighted by atomic mass is 35.5. The standard InChI is InChI=1S/C16H14ClN3O2S/c1-10-4-5-12(11(17)7-10)19-14(21)8-20-13-3-2-6-18-16(13)23-9-15(20)22/h2-7H,8-9H2,1H3,(H,19,21). The average Bonchev–Trinajstić information content (AvgIpc) is 2.53. The maximum Gasteiger partial charge on any atom is 0.244 e. The fourth-order valence-corrected chi connectivity index (χ4v) is 3.43. The second-order valence-corrected chi connectivity index (χ2v) is 6.50. The Bertz CT molecular complexity index is 782. The van der Waals surface area contributed by atoms with Crippen LogP contribution in [0.4, 0.5) is 11.4 Å². The van der Waals surface area contributed by atoms with E-state index in [-0.39, 0.29) is 24.1 Å². The molecule has 0 aliphatic carbocycles. The topological polar surface area (TPSA) is 62.3 Å². The Morgan fingerprint density at radius 1 is 1.43 bits per heavy atom. The van der Waals surface area contributed by atoms with Gasteiger partial charge in [0.15, 0.2) is 0 Å². The molecule has 2 aromatic rings. The highest BCUT2D eigenvalue weighted by Gasteiger charge is 2.27. The molecular formula is C16H14ClN3O2S. The summed E-state index contributed by atoms with van der Waals surface area (Å²) in [6, 6.07) is 8.93. The zero-order chi connectivity index (χ0) is 16.4. The van der Waals surface area contributed by atoms with Gasteiger partial charge in [0.2, 0.25) is 11.8 Å². The lowest BCUT2D eigenvalue weighted by Gasteiger charge is -2.27. The van der Waals surface area contributed by atoms with Crippen molar-refractivity contribution in [2.24, 2.45) is 0 Å². The fourth-order valence-electron chi connectivity index (χ4n) is 2.27. The second-order valence-electron chi connectivity index (χ2n) is 5.13. The Kier molecular flexibility index (Phi) is 4.54. The van der Waals surface area contributed by atoms with Gasteiger partial charge in [0.25, 0.3) is 0 Å². The van der Waals surface area contributed by atoms with Crippen molar-refractivity contribution in [1.82, 2.24) is 4.98 Å². The summed E-state index contributed by atoms with van der Waals surface area (Å²) in [5, 5.41) is 3.97. The smallest absolute Gasteiger partial charge is 0.244 e. The molecule has 0 spiro atoms. The van der Waals surface area contributed by atoms with E-state index in [2.05, 4.69) is 10.3 Å². The highest BCUT2D eigenvalue weighted by Crippen LogP contribution is 2.33. The maximum atomic E-state index is 12.3. The van der Waals surface area contributed by atoms with Gasteiger partial charge in [-0.3, -0.25) is 14.5 Å². The van der Waals surface area contributed by atoms with Crippen molar-refractivity contribution in [3.8, 4) is 0 Å². The van der Waals surface area contributed by atoms with Gasteiger partial charge in [-0.1, -0.05) is 29.4 Å². The van der Waals surface area contributed by atoms with Crippen molar-refractivity contribution in [3.63, 3.8) is 0 Å². The van der Waals surface area contributed by atoms with Crippen molar-refractivity contribution < 1.29 is 9.59 Å². The predicted molar refractivity (Wildman–Crippen MR) is 92.1 cm³/mol. The van der Waals surface area contributed by atoms with E-state index in [4.69, 9.17) is 11.6 Å². The van der Waals surface area contributed by atoms with Gasteiger partial charge in [-0.15, -0.1) is 0 Å². The zero-order valence-electron chi connectivity index (χ0n) is 12.4. The van der Waals surface area contributed by atoms with E-state index in [0.29, 0.717) is 16.4 Å². The number of pyridine rings is 1. The Labute approximate surface area is 143 Å². The van der Waals surface area contributed by atoms with Crippen molar-refractivity contribution in [1.29, 1.82) is 0 Å². The minimum absolute atomic E-state index is 0.0672. The lowest BCUT2D eigenvalue weighted by molar-refractivity contribution is -0.120. The summed E-state index contributed by atoms with van der Waals surface area (Å²) in [4.78, 5) is 30.1. The van der Waals surface area contributed by atoms with Gasteiger partial charge >= 0.3 is 0 Å². The molecule has 23 heavy (non-hydrogen) atoms. The molecule has 0 saturated carbocycles. The normalized spacial score (nSPS) is 13.7. The van der Waals surface area contributed by atoms with E-state index in [9.17, 15) is 9.59 Å². The molecular weight excluding hydrogens is 334 g/mol. The average molecular weight is 348 g/mol. The molecule has 3 rings (SSSR count). The SMILES string of the molecule is Cc1ccc(NC(=O)CN2C(=O)CSc3ncccc32)c(Cl)c1. The van der Waals surface area contributed by atoms with E-state index in [1.165, 1.54) is 16.7 Å². The van der Waals surface area contributed by atoms with Crippen molar-refractivity contribution in [3.05, 3.63) is 47.1 Å². The summed E-state index contributed by atoms with van der Waals surface area (Å²) in [6.45, 7) is 1.85. The van der Waals surface area contributed by atoms with E-state index in [0.717, 1.165) is 10.6 Å². The Balaban J connectivity index is 1.76. The second kappa shape index (κ2) is 6.60. The van der Waals surface area contributed by atoms with Crippen molar-refractivity contribution in [2.75, 3.05) is 22.5 Å². The fraction of sp³-hybridized carbons (Fsp3) is 0.188. The number of rotatable bonds is 3. The van der Waals surface area contributed by atoms with Crippen LogP contribution >= 0.6 is 23.4 Å². The number of hydrogen-bond acceptors (Lipinski definition) is 4. The number of carbonyl (C=O) groups is 2. The van der Waals surface area contributed by atoms with Crippen LogP contribution in [0.5, 0.6) is 0 Å². The Morgan fingerprint density at radius 2 is 2.26 bits per heavy atom. The highest BCUT2D eigenvalue weighted by molar-refractivity contribution is 8.00. The number of hydrogen-bond donors (Lipinski definition) is 1. The van der Waals surface area contributed by atoms with Crippen LogP contribution in [0.3, 0.4) is 0 Å². The van der Waals surface area contributed by atoms with Crippen LogP contribution in [0.25, 0.3) is 0 Å². The predicted octanol–water partition coefficient (Wildman–Crippen LogP) is 3.12. The summed E-state index contributed by atoms with van der Waals surface area (Å²) in [5.74, 6) is -0.130. The van der Waals surface area contributed by atoms with Gasteiger partial charge in [-0.05, 0) is 36.8 Å². The van der Waals surface area contributed by atoms with Crippen LogP contribution in [0.2, 0.25) is 5.02 Å². The molecule has 7 heteroatoms. The first kappa shape index (κ1) is 15.8. The van der Waals surface area contributed by atoms with Gasteiger partial charge in [0.1, 0.15) is 11.6 Å². The van der Waals surface area contributed by atoms with Crippen LogP contribution < -0.4 is 10.2 Å². The van der Waals surface area contributed by atoms with Crippen LogP contribution in [0.15, 0.2) is 41.6 Å². The minimum Gasteiger partial charge on any atom is -0.323 e. The third kappa shape index (κ3) is 3.48. The molecule has 5 nitrogen and oxygen atoms in total. The molecule has 0 atom stereocenters. The van der Waals surface area contributed by atoms with Crippen LogP contribution in [0, 0.1) is 6.92 Å². The van der Waals surface area contributed by atoms with Gasteiger partial charge in [0.05, 0.1) is 22.2 Å². The summed E-state index contributed by atoms with van der Waals surface area (Å²) in [6.07, 6.45) is 1.67. The number of carbonyl (C=O) groups excluding carboxylic acids is 2. The van der Waals surface area contributed by atoms with Crippen LogP contribution in [-0.2, 0) is 9.59 Å². The molecule has 1 aliphatic heterocycles. The number of fused-ring (bicyclic) bond motifs is 1. The van der Waals surface area contributed by atoms with Gasteiger partial charge in [-0.2, -0.15) is 0 Å². The zero-order valence-corrected chi connectivity index (χ0v) is 13.9. The number of halogens is 1. The first-order chi connectivity index (χ1) is 11.0. The quantitative estimate of drug-likeness (QED) is 0.926. The summed E-state index contributed by atoms with van der Waals surface area (Å²) in [5.41, 5.74) is 2.21. The molecule has 118 valence electrons. The molecule has 0 saturated heterocycles. The van der Waals surface area contributed by atoms with E-state index in [1.807, 2.05) is 13.0 Å². The van der Waals surface area contributed by atoms with E-state index in [1.54, 1.807) is 30.5 Å². The minimum atomic E-state index is -0.300. The molecule has 1 aromatic heterocycles. The van der Waals surface area contributed by atoms with Crippen LogP contribution in [-0.4, -0.2) is 29.1 Å². The first-order valence-electron chi connectivity index (χ1n) is 6.99. The van der Waals surface area contributed by atoms with Gasteiger partial charge in [0, 0.05) is 6.20 Å².